The smallest absolute Gasteiger partial charge is 0.0577 e. The highest BCUT2D eigenvalue weighted by Crippen LogP contribution is 2.67. The quantitative estimate of drug-likeness (QED) is 0.457. The van der Waals surface area contributed by atoms with Crippen LogP contribution < -0.4 is 0 Å². The van der Waals surface area contributed by atoms with Crippen LogP contribution in [0.5, 0.6) is 0 Å². The van der Waals surface area contributed by atoms with Gasteiger partial charge in [-0.2, -0.15) is 0 Å². The first-order valence-electron chi connectivity index (χ1n) is 13.3. The maximum Gasteiger partial charge on any atom is 0.0577 e. The molecule has 4 aliphatic carbocycles. The lowest BCUT2D eigenvalue weighted by Crippen LogP contribution is -2.50. The number of rotatable bonds is 5. The van der Waals surface area contributed by atoms with Gasteiger partial charge in [0.05, 0.1) is 6.10 Å². The van der Waals surface area contributed by atoms with Crippen molar-refractivity contribution in [3.63, 3.8) is 0 Å². The number of aliphatic hydroxyl groups excluding tert-OH is 1. The van der Waals surface area contributed by atoms with Gasteiger partial charge in [0, 0.05) is 0 Å². The van der Waals surface area contributed by atoms with Crippen LogP contribution in [0.4, 0.5) is 0 Å². The molecule has 1 heteroatoms. The number of hydrogen-bond donors (Lipinski definition) is 1. The molecule has 170 valence electrons. The first-order chi connectivity index (χ1) is 14.2. The summed E-state index contributed by atoms with van der Waals surface area (Å²) in [4.78, 5) is 0. The van der Waals surface area contributed by atoms with E-state index in [1.807, 2.05) is 0 Å². The molecule has 0 aromatic rings. The predicted octanol–water partition coefficient (Wildman–Crippen LogP) is 7.80. The van der Waals surface area contributed by atoms with Gasteiger partial charge in [-0.25, -0.2) is 0 Å². The Morgan fingerprint density at radius 1 is 1.03 bits per heavy atom. The van der Waals surface area contributed by atoms with E-state index in [1.165, 1.54) is 44.9 Å². The molecule has 3 fully saturated rings. The molecule has 0 heterocycles. The third-order valence-corrected chi connectivity index (χ3v) is 10.8. The average molecular weight is 413 g/mol. The summed E-state index contributed by atoms with van der Waals surface area (Å²) in [6.07, 6.45) is 19.1. The number of fused-ring (bicyclic) bond motifs is 5. The summed E-state index contributed by atoms with van der Waals surface area (Å²) in [6, 6.07) is 0. The van der Waals surface area contributed by atoms with Crippen molar-refractivity contribution in [1.82, 2.24) is 0 Å². The van der Waals surface area contributed by atoms with Crippen molar-refractivity contribution in [2.24, 2.45) is 52.3 Å². The second-order valence-corrected chi connectivity index (χ2v) is 12.4. The van der Waals surface area contributed by atoms with Crippen molar-refractivity contribution in [3.8, 4) is 0 Å². The van der Waals surface area contributed by atoms with E-state index < -0.39 is 0 Å². The Labute approximate surface area is 186 Å². The summed E-state index contributed by atoms with van der Waals surface area (Å²) in [5.74, 6) is 5.70. The van der Waals surface area contributed by atoms with Crippen LogP contribution in [0.3, 0.4) is 0 Å². The fourth-order valence-electron chi connectivity index (χ4n) is 8.83. The van der Waals surface area contributed by atoms with Crippen molar-refractivity contribution in [2.45, 2.75) is 105 Å². The van der Waals surface area contributed by atoms with Crippen LogP contribution >= 0.6 is 0 Å². The van der Waals surface area contributed by atoms with E-state index in [-0.39, 0.29) is 6.10 Å². The fourth-order valence-corrected chi connectivity index (χ4v) is 8.83. The minimum atomic E-state index is -0.0870. The van der Waals surface area contributed by atoms with Gasteiger partial charge >= 0.3 is 0 Å². The van der Waals surface area contributed by atoms with E-state index in [0.29, 0.717) is 16.7 Å². The predicted molar refractivity (Wildman–Crippen MR) is 128 cm³/mol. The SMILES string of the molecule is CCC(C=CC(C)C1CCC2C3CC=C4CC(O)CCC4(C)C3CCC12C)C(C)C. The highest BCUT2D eigenvalue weighted by molar-refractivity contribution is 5.25. The summed E-state index contributed by atoms with van der Waals surface area (Å²) in [6.45, 7) is 14.8. The van der Waals surface area contributed by atoms with E-state index in [1.54, 1.807) is 5.57 Å². The Bertz CT molecular complexity index is 674. The number of allylic oxidation sites excluding steroid dienone is 3. The Balaban J connectivity index is 1.52. The summed E-state index contributed by atoms with van der Waals surface area (Å²) in [5.41, 5.74) is 2.51. The normalized spacial score (nSPS) is 45.6. The molecule has 4 aliphatic rings. The van der Waals surface area contributed by atoms with E-state index in [4.69, 9.17) is 0 Å². The molecule has 0 aromatic carbocycles. The third-order valence-electron chi connectivity index (χ3n) is 10.8. The van der Waals surface area contributed by atoms with Crippen LogP contribution in [0.1, 0.15) is 99.3 Å². The molecule has 0 spiro atoms. The molecule has 0 aliphatic heterocycles. The van der Waals surface area contributed by atoms with Gasteiger partial charge in [0.1, 0.15) is 0 Å². The van der Waals surface area contributed by atoms with Crippen molar-refractivity contribution in [1.29, 1.82) is 0 Å². The second-order valence-electron chi connectivity index (χ2n) is 12.4. The average Bonchev–Trinajstić information content (AvgIpc) is 3.06. The zero-order valence-electron chi connectivity index (χ0n) is 20.7. The molecule has 0 saturated heterocycles. The number of aliphatic hydroxyl groups is 1. The lowest BCUT2D eigenvalue weighted by atomic mass is 9.47. The molecule has 1 nitrogen and oxygen atoms in total. The largest absolute Gasteiger partial charge is 0.393 e. The number of hydrogen-bond acceptors (Lipinski definition) is 1. The standard InChI is InChI=1S/C29H48O/c1-7-21(19(2)3)9-8-20(4)25-12-13-26-24-11-10-22-18-23(30)14-16-28(22,5)27(24)15-17-29(25,26)6/h8-10,19-21,23-27,30H,7,11-18H2,1-6H3. The Morgan fingerprint density at radius 3 is 2.50 bits per heavy atom. The summed E-state index contributed by atoms with van der Waals surface area (Å²) in [5, 5.41) is 10.2. The summed E-state index contributed by atoms with van der Waals surface area (Å²) >= 11 is 0. The van der Waals surface area contributed by atoms with Gasteiger partial charge in [-0.15, -0.1) is 0 Å². The van der Waals surface area contributed by atoms with Crippen LogP contribution in [0.2, 0.25) is 0 Å². The second kappa shape index (κ2) is 8.42. The van der Waals surface area contributed by atoms with E-state index >= 15 is 0 Å². The molecular formula is C29H48O. The van der Waals surface area contributed by atoms with Crippen LogP contribution in [0.15, 0.2) is 23.8 Å². The van der Waals surface area contributed by atoms with Gasteiger partial charge in [0.2, 0.25) is 0 Å². The maximum atomic E-state index is 10.2. The molecule has 0 aromatic heterocycles. The lowest BCUT2D eigenvalue weighted by Gasteiger charge is -2.58. The van der Waals surface area contributed by atoms with Crippen LogP contribution in [-0.4, -0.2) is 11.2 Å². The molecule has 0 radical (unpaired) electrons. The van der Waals surface area contributed by atoms with E-state index in [2.05, 4.69) is 59.8 Å². The van der Waals surface area contributed by atoms with Crippen LogP contribution in [-0.2, 0) is 0 Å². The maximum absolute atomic E-state index is 10.2. The van der Waals surface area contributed by atoms with Gasteiger partial charge in [-0.3, -0.25) is 0 Å². The minimum Gasteiger partial charge on any atom is -0.393 e. The summed E-state index contributed by atoms with van der Waals surface area (Å²) < 4.78 is 0. The third kappa shape index (κ3) is 3.66. The Morgan fingerprint density at radius 2 is 1.80 bits per heavy atom. The molecule has 1 N–H and O–H groups in total. The molecule has 3 saturated carbocycles. The molecule has 30 heavy (non-hydrogen) atoms. The van der Waals surface area contributed by atoms with Crippen LogP contribution in [0.25, 0.3) is 0 Å². The molecule has 0 amide bonds. The monoisotopic (exact) mass is 412 g/mol. The van der Waals surface area contributed by atoms with Crippen molar-refractivity contribution in [2.75, 3.05) is 0 Å². The van der Waals surface area contributed by atoms with Crippen molar-refractivity contribution in [3.05, 3.63) is 23.8 Å². The van der Waals surface area contributed by atoms with Gasteiger partial charge in [-0.05, 0) is 110 Å². The van der Waals surface area contributed by atoms with Crippen molar-refractivity contribution >= 4 is 0 Å². The Hall–Kier alpha value is -0.560. The summed E-state index contributed by atoms with van der Waals surface area (Å²) in [7, 11) is 0. The highest BCUT2D eigenvalue weighted by atomic mass is 16.3. The Kier molecular flexibility index (Phi) is 6.35. The van der Waals surface area contributed by atoms with Gasteiger partial charge in [-0.1, -0.05) is 65.3 Å². The molecule has 0 bridgehead atoms. The minimum absolute atomic E-state index is 0.0870. The molecular weight excluding hydrogens is 364 g/mol. The van der Waals surface area contributed by atoms with Gasteiger partial charge < -0.3 is 5.11 Å². The van der Waals surface area contributed by atoms with Gasteiger partial charge in [0.25, 0.3) is 0 Å². The van der Waals surface area contributed by atoms with E-state index in [0.717, 1.165) is 48.3 Å². The van der Waals surface area contributed by atoms with Crippen LogP contribution in [0, 0.1) is 52.3 Å². The molecule has 9 atom stereocenters. The van der Waals surface area contributed by atoms with E-state index in [9.17, 15) is 5.11 Å². The zero-order valence-corrected chi connectivity index (χ0v) is 20.7. The first-order valence-corrected chi connectivity index (χ1v) is 13.3. The van der Waals surface area contributed by atoms with Crippen molar-refractivity contribution < 1.29 is 5.11 Å². The van der Waals surface area contributed by atoms with Gasteiger partial charge in [0.15, 0.2) is 0 Å². The fraction of sp³-hybridized carbons (Fsp3) is 0.862. The topological polar surface area (TPSA) is 20.2 Å². The highest BCUT2D eigenvalue weighted by Gasteiger charge is 2.58. The zero-order chi connectivity index (χ0) is 21.7. The molecule has 4 rings (SSSR count). The first kappa shape index (κ1) is 22.6. The molecule has 9 unspecified atom stereocenters. The lowest BCUT2D eigenvalue weighted by molar-refractivity contribution is -0.0540.